The molecule has 4 heteroatoms. The van der Waals surface area contributed by atoms with Gasteiger partial charge in [-0.05, 0) is 18.7 Å². The fraction of sp³-hybridized carbons (Fsp3) is 0.625. The predicted octanol–water partition coefficient (Wildman–Crippen LogP) is 0.844. The van der Waals surface area contributed by atoms with Gasteiger partial charge in [0, 0.05) is 64.6 Å². The molecule has 2 heterocycles. The number of anilines is 1. The largest absolute Gasteiger partial charge is 0.369 e. The Bertz CT molecular complexity index is 426. The molecule has 4 nitrogen and oxygen atoms in total. The first-order valence-corrected chi connectivity index (χ1v) is 7.77. The predicted molar refractivity (Wildman–Crippen MR) is 84.3 cm³/mol. The molecule has 2 aliphatic heterocycles. The second kappa shape index (κ2) is 6.57. The van der Waals surface area contributed by atoms with Gasteiger partial charge in [-0.2, -0.15) is 0 Å². The Hall–Kier alpha value is -1.10. The maximum absolute atomic E-state index is 3.52. The SMILES string of the molecule is CN1CCN(CCN2CCNCc3ccccc32)CC1. The van der Waals surface area contributed by atoms with Crippen molar-refractivity contribution in [3.8, 4) is 0 Å². The topological polar surface area (TPSA) is 21.8 Å². The van der Waals surface area contributed by atoms with Gasteiger partial charge < -0.3 is 15.1 Å². The van der Waals surface area contributed by atoms with Crippen LogP contribution in [0.15, 0.2) is 24.3 Å². The van der Waals surface area contributed by atoms with Crippen molar-refractivity contribution in [2.45, 2.75) is 6.54 Å². The van der Waals surface area contributed by atoms with E-state index in [1.165, 1.54) is 44.0 Å². The lowest BCUT2D eigenvalue weighted by Gasteiger charge is -2.34. The van der Waals surface area contributed by atoms with Crippen molar-refractivity contribution in [1.82, 2.24) is 15.1 Å². The second-order valence-corrected chi connectivity index (χ2v) is 5.94. The maximum atomic E-state index is 3.52. The Morgan fingerprint density at radius 1 is 1.00 bits per heavy atom. The first-order valence-electron chi connectivity index (χ1n) is 7.77. The van der Waals surface area contributed by atoms with Crippen molar-refractivity contribution in [3.63, 3.8) is 0 Å². The zero-order valence-electron chi connectivity index (χ0n) is 12.5. The normalized spacial score (nSPS) is 21.6. The van der Waals surface area contributed by atoms with E-state index in [0.29, 0.717) is 0 Å². The highest BCUT2D eigenvalue weighted by atomic mass is 15.3. The fourth-order valence-corrected chi connectivity index (χ4v) is 3.09. The maximum Gasteiger partial charge on any atom is 0.0412 e. The van der Waals surface area contributed by atoms with Crippen LogP contribution in [0.25, 0.3) is 0 Å². The van der Waals surface area contributed by atoms with Gasteiger partial charge in [0.1, 0.15) is 0 Å². The van der Waals surface area contributed by atoms with Gasteiger partial charge in [-0.3, -0.25) is 4.90 Å². The van der Waals surface area contributed by atoms with Gasteiger partial charge in [0.05, 0.1) is 0 Å². The van der Waals surface area contributed by atoms with Crippen molar-refractivity contribution < 1.29 is 0 Å². The quantitative estimate of drug-likeness (QED) is 0.882. The molecule has 0 atom stereocenters. The van der Waals surface area contributed by atoms with Crippen LogP contribution < -0.4 is 10.2 Å². The third kappa shape index (κ3) is 3.32. The molecular weight excluding hydrogens is 248 g/mol. The average molecular weight is 274 g/mol. The van der Waals surface area contributed by atoms with Gasteiger partial charge >= 0.3 is 0 Å². The minimum atomic E-state index is 1.00. The Morgan fingerprint density at radius 2 is 1.80 bits per heavy atom. The molecular formula is C16H26N4. The third-order valence-corrected chi connectivity index (χ3v) is 4.49. The molecule has 0 amide bonds. The number of nitrogens with one attached hydrogen (secondary N) is 1. The fourth-order valence-electron chi connectivity index (χ4n) is 3.09. The molecule has 0 unspecified atom stereocenters. The first kappa shape index (κ1) is 13.9. The monoisotopic (exact) mass is 274 g/mol. The number of rotatable bonds is 3. The van der Waals surface area contributed by atoms with Crippen LogP contribution in [0, 0.1) is 0 Å². The van der Waals surface area contributed by atoms with E-state index in [4.69, 9.17) is 0 Å². The van der Waals surface area contributed by atoms with Crippen LogP contribution in [0.5, 0.6) is 0 Å². The summed E-state index contributed by atoms with van der Waals surface area (Å²) in [6, 6.07) is 8.82. The summed E-state index contributed by atoms with van der Waals surface area (Å²) in [5.74, 6) is 0. The van der Waals surface area contributed by atoms with Crippen molar-refractivity contribution in [2.24, 2.45) is 0 Å². The molecule has 1 saturated heterocycles. The standard InChI is InChI=1S/C16H26N4/c1-18-8-10-19(11-9-18)12-13-20-7-6-17-14-15-4-2-3-5-16(15)20/h2-5,17H,6-14H2,1H3. The van der Waals surface area contributed by atoms with E-state index in [9.17, 15) is 0 Å². The van der Waals surface area contributed by atoms with Gasteiger partial charge in [0.25, 0.3) is 0 Å². The van der Waals surface area contributed by atoms with Crippen molar-refractivity contribution in [2.75, 3.05) is 64.3 Å². The summed E-state index contributed by atoms with van der Waals surface area (Å²) in [5, 5.41) is 3.52. The number of benzene rings is 1. The highest BCUT2D eigenvalue weighted by Crippen LogP contribution is 2.21. The number of piperazine rings is 1. The minimum Gasteiger partial charge on any atom is -0.369 e. The zero-order chi connectivity index (χ0) is 13.8. The smallest absolute Gasteiger partial charge is 0.0412 e. The second-order valence-electron chi connectivity index (χ2n) is 5.94. The number of hydrogen-bond acceptors (Lipinski definition) is 4. The molecule has 2 aliphatic rings. The van der Waals surface area contributed by atoms with E-state index in [0.717, 1.165) is 26.2 Å². The molecule has 0 aromatic heterocycles. The van der Waals surface area contributed by atoms with Crippen molar-refractivity contribution in [3.05, 3.63) is 29.8 Å². The van der Waals surface area contributed by atoms with Crippen LogP contribution in [0.2, 0.25) is 0 Å². The van der Waals surface area contributed by atoms with E-state index in [1.807, 2.05) is 0 Å². The summed E-state index contributed by atoms with van der Waals surface area (Å²) in [5.41, 5.74) is 2.86. The molecule has 0 saturated carbocycles. The lowest BCUT2D eigenvalue weighted by molar-refractivity contribution is 0.157. The Kier molecular flexibility index (Phi) is 4.55. The van der Waals surface area contributed by atoms with Gasteiger partial charge in [0.15, 0.2) is 0 Å². The molecule has 1 N–H and O–H groups in total. The highest BCUT2D eigenvalue weighted by molar-refractivity contribution is 5.54. The van der Waals surface area contributed by atoms with E-state index in [-0.39, 0.29) is 0 Å². The number of likely N-dealkylation sites (N-methyl/N-ethyl adjacent to an activating group) is 1. The lowest BCUT2D eigenvalue weighted by atomic mass is 10.1. The van der Waals surface area contributed by atoms with Crippen LogP contribution in [-0.2, 0) is 6.54 Å². The zero-order valence-corrected chi connectivity index (χ0v) is 12.5. The summed E-state index contributed by atoms with van der Waals surface area (Å²) in [6.45, 7) is 10.4. The van der Waals surface area contributed by atoms with Gasteiger partial charge in [-0.15, -0.1) is 0 Å². The van der Waals surface area contributed by atoms with Gasteiger partial charge in [-0.1, -0.05) is 18.2 Å². The molecule has 1 aromatic carbocycles. The molecule has 0 radical (unpaired) electrons. The van der Waals surface area contributed by atoms with Crippen molar-refractivity contribution >= 4 is 5.69 Å². The van der Waals surface area contributed by atoms with Crippen LogP contribution >= 0.6 is 0 Å². The van der Waals surface area contributed by atoms with E-state index in [2.05, 4.69) is 51.3 Å². The molecule has 110 valence electrons. The average Bonchev–Trinajstić information content (AvgIpc) is 2.69. The number of para-hydroxylation sites is 1. The summed E-state index contributed by atoms with van der Waals surface area (Å²) >= 11 is 0. The third-order valence-electron chi connectivity index (χ3n) is 4.49. The summed E-state index contributed by atoms with van der Waals surface area (Å²) < 4.78 is 0. The van der Waals surface area contributed by atoms with Crippen LogP contribution in [0.3, 0.4) is 0 Å². The van der Waals surface area contributed by atoms with E-state index < -0.39 is 0 Å². The van der Waals surface area contributed by atoms with Crippen molar-refractivity contribution in [1.29, 1.82) is 0 Å². The van der Waals surface area contributed by atoms with Crippen LogP contribution in [-0.4, -0.2) is 69.2 Å². The summed E-state index contributed by atoms with van der Waals surface area (Å²) in [6.07, 6.45) is 0. The molecule has 1 fully saturated rings. The number of nitrogens with zero attached hydrogens (tertiary/aromatic N) is 3. The first-order chi connectivity index (χ1) is 9.83. The Morgan fingerprint density at radius 3 is 2.65 bits per heavy atom. The summed E-state index contributed by atoms with van der Waals surface area (Å²) in [7, 11) is 2.22. The van der Waals surface area contributed by atoms with Crippen LogP contribution in [0.1, 0.15) is 5.56 Å². The van der Waals surface area contributed by atoms with E-state index >= 15 is 0 Å². The lowest BCUT2D eigenvalue weighted by Crippen LogP contribution is -2.47. The molecule has 0 spiro atoms. The highest BCUT2D eigenvalue weighted by Gasteiger charge is 2.17. The minimum absolute atomic E-state index is 1.00. The Balaban J connectivity index is 1.59. The molecule has 20 heavy (non-hydrogen) atoms. The summed E-state index contributed by atoms with van der Waals surface area (Å²) in [4.78, 5) is 7.57. The molecule has 0 bridgehead atoms. The number of fused-ring (bicyclic) bond motifs is 1. The van der Waals surface area contributed by atoms with Gasteiger partial charge in [0.2, 0.25) is 0 Å². The molecule has 3 rings (SSSR count). The van der Waals surface area contributed by atoms with Gasteiger partial charge in [-0.25, -0.2) is 0 Å². The number of hydrogen-bond donors (Lipinski definition) is 1. The Labute approximate surface area is 122 Å². The molecule has 1 aromatic rings. The van der Waals surface area contributed by atoms with E-state index in [1.54, 1.807) is 0 Å². The van der Waals surface area contributed by atoms with Crippen LogP contribution in [0.4, 0.5) is 5.69 Å². The molecule has 0 aliphatic carbocycles.